The quantitative estimate of drug-likeness (QED) is 0.834. The molecule has 0 radical (unpaired) electrons. The van der Waals surface area contributed by atoms with Crippen molar-refractivity contribution < 1.29 is 18.7 Å². The molecule has 1 N–H and O–H groups in total. The molecule has 7 heteroatoms. The number of nitrogens with one attached hydrogen (secondary N) is 1. The van der Waals surface area contributed by atoms with E-state index in [1.54, 1.807) is 21.9 Å². The Morgan fingerprint density at radius 1 is 1.08 bits per heavy atom. The predicted octanol–water partition coefficient (Wildman–Crippen LogP) is 2.35. The van der Waals surface area contributed by atoms with E-state index in [2.05, 4.69) is 12.2 Å². The van der Waals surface area contributed by atoms with E-state index in [9.17, 15) is 9.59 Å². The van der Waals surface area contributed by atoms with Gasteiger partial charge < -0.3 is 24.3 Å². The van der Waals surface area contributed by atoms with Crippen LogP contribution in [0, 0.1) is 0 Å². The molecule has 0 aliphatic carbocycles. The smallest absolute Gasteiger partial charge is 0.320 e. The number of ether oxygens (including phenoxy) is 1. The molecule has 3 amide bonds. The Bertz CT molecular complexity index is 737. The van der Waals surface area contributed by atoms with Gasteiger partial charge in [-0.05, 0) is 30.2 Å². The highest BCUT2D eigenvalue weighted by Gasteiger charge is 2.25. The molecule has 1 aromatic heterocycles. The zero-order chi connectivity index (χ0) is 18.4. The number of aryl methyl sites for hydroxylation is 1. The van der Waals surface area contributed by atoms with Crippen molar-refractivity contribution in [2.45, 2.75) is 13.3 Å². The van der Waals surface area contributed by atoms with Gasteiger partial charge in [0.25, 0.3) is 5.91 Å². The fraction of sp³-hybridized carbons (Fsp3) is 0.368. The summed E-state index contributed by atoms with van der Waals surface area (Å²) in [5.74, 6) is 0.963. The number of urea groups is 1. The Balaban J connectivity index is 1.43. The number of nitrogens with zero attached hydrogens (tertiary/aromatic N) is 2. The summed E-state index contributed by atoms with van der Waals surface area (Å²) >= 11 is 0. The van der Waals surface area contributed by atoms with Gasteiger partial charge in [-0.3, -0.25) is 4.79 Å². The second kappa shape index (κ2) is 8.42. The number of benzene rings is 1. The highest BCUT2D eigenvalue weighted by Crippen LogP contribution is 2.17. The summed E-state index contributed by atoms with van der Waals surface area (Å²) in [6.07, 6.45) is 2.35. The maximum atomic E-state index is 12.3. The maximum absolute atomic E-state index is 12.3. The average molecular weight is 357 g/mol. The maximum Gasteiger partial charge on any atom is 0.320 e. The summed E-state index contributed by atoms with van der Waals surface area (Å²) in [5.41, 5.74) is 1.10. The van der Waals surface area contributed by atoms with Gasteiger partial charge in [-0.15, -0.1) is 0 Å². The van der Waals surface area contributed by atoms with E-state index in [4.69, 9.17) is 9.15 Å². The minimum absolute atomic E-state index is 0.112. The van der Waals surface area contributed by atoms with Crippen LogP contribution < -0.4 is 10.1 Å². The molecule has 3 rings (SSSR count). The van der Waals surface area contributed by atoms with Crippen molar-refractivity contribution in [2.24, 2.45) is 0 Å². The largest absolute Gasteiger partial charge is 0.473 e. The highest BCUT2D eigenvalue weighted by molar-refractivity contribution is 5.91. The highest BCUT2D eigenvalue weighted by atomic mass is 16.5. The molecule has 7 nitrogen and oxygen atoms in total. The molecule has 1 saturated heterocycles. The zero-order valence-corrected chi connectivity index (χ0v) is 14.8. The molecular formula is C19H23N3O4. The van der Waals surface area contributed by atoms with E-state index >= 15 is 0 Å². The summed E-state index contributed by atoms with van der Waals surface area (Å²) in [5, 5.41) is 2.77. The number of para-hydroxylation sites is 1. The van der Waals surface area contributed by atoms with Crippen molar-refractivity contribution in [2.75, 3.05) is 32.9 Å². The first-order valence-corrected chi connectivity index (χ1v) is 8.75. The number of hydrogen-bond donors (Lipinski definition) is 1. The van der Waals surface area contributed by atoms with Crippen LogP contribution in [0.2, 0.25) is 0 Å². The number of amides is 3. The van der Waals surface area contributed by atoms with Crippen LogP contribution in [-0.2, 0) is 6.42 Å². The number of piperazine rings is 1. The monoisotopic (exact) mass is 357 g/mol. The molecular weight excluding hydrogens is 334 g/mol. The van der Waals surface area contributed by atoms with Crippen LogP contribution in [0.15, 0.2) is 47.1 Å². The molecule has 0 atom stereocenters. The third kappa shape index (κ3) is 4.17. The van der Waals surface area contributed by atoms with Gasteiger partial charge in [-0.2, -0.15) is 0 Å². The van der Waals surface area contributed by atoms with Crippen molar-refractivity contribution in [3.8, 4) is 5.75 Å². The molecule has 138 valence electrons. The van der Waals surface area contributed by atoms with E-state index in [0.29, 0.717) is 31.9 Å². The van der Waals surface area contributed by atoms with E-state index in [-0.39, 0.29) is 18.7 Å². The Morgan fingerprint density at radius 3 is 2.50 bits per heavy atom. The molecule has 0 saturated carbocycles. The fourth-order valence-electron chi connectivity index (χ4n) is 2.89. The third-order valence-electron chi connectivity index (χ3n) is 4.39. The SMILES string of the molecule is CCc1ccccc1OCNC(=O)N1CCN(C(=O)c2ccco2)CC1. The van der Waals surface area contributed by atoms with Gasteiger partial charge in [0.15, 0.2) is 12.5 Å². The molecule has 26 heavy (non-hydrogen) atoms. The lowest BCUT2D eigenvalue weighted by atomic mass is 10.1. The minimum Gasteiger partial charge on any atom is -0.473 e. The van der Waals surface area contributed by atoms with Crippen molar-refractivity contribution in [3.63, 3.8) is 0 Å². The molecule has 1 aliphatic heterocycles. The van der Waals surface area contributed by atoms with Crippen LogP contribution in [0.4, 0.5) is 4.79 Å². The Kier molecular flexibility index (Phi) is 5.78. The Labute approximate surface area is 152 Å². The van der Waals surface area contributed by atoms with Crippen LogP contribution in [0.1, 0.15) is 23.0 Å². The first-order chi connectivity index (χ1) is 12.7. The van der Waals surface area contributed by atoms with Crippen molar-refractivity contribution in [3.05, 3.63) is 54.0 Å². The lowest BCUT2D eigenvalue weighted by Gasteiger charge is -2.34. The van der Waals surface area contributed by atoms with Crippen LogP contribution >= 0.6 is 0 Å². The standard InChI is InChI=1S/C19H23N3O4/c1-2-15-6-3-4-7-16(15)26-14-20-19(24)22-11-9-21(10-12-22)18(23)17-8-5-13-25-17/h3-8,13H,2,9-12,14H2,1H3,(H,20,24). The van der Waals surface area contributed by atoms with Crippen LogP contribution in [0.3, 0.4) is 0 Å². The zero-order valence-electron chi connectivity index (χ0n) is 14.8. The van der Waals surface area contributed by atoms with Crippen molar-refractivity contribution >= 4 is 11.9 Å². The van der Waals surface area contributed by atoms with Gasteiger partial charge in [-0.1, -0.05) is 25.1 Å². The first-order valence-electron chi connectivity index (χ1n) is 8.75. The summed E-state index contributed by atoms with van der Waals surface area (Å²) < 4.78 is 10.8. The van der Waals surface area contributed by atoms with Crippen molar-refractivity contribution in [1.82, 2.24) is 15.1 Å². The molecule has 1 fully saturated rings. The lowest BCUT2D eigenvalue weighted by molar-refractivity contribution is 0.0631. The number of hydrogen-bond acceptors (Lipinski definition) is 4. The van der Waals surface area contributed by atoms with Gasteiger partial charge in [0.2, 0.25) is 0 Å². The van der Waals surface area contributed by atoms with Gasteiger partial charge in [0.1, 0.15) is 5.75 Å². The topological polar surface area (TPSA) is 75.0 Å². The Hall–Kier alpha value is -2.96. The lowest BCUT2D eigenvalue weighted by Crippen LogP contribution is -2.53. The van der Waals surface area contributed by atoms with E-state index in [0.717, 1.165) is 17.7 Å². The van der Waals surface area contributed by atoms with E-state index < -0.39 is 0 Å². The summed E-state index contributed by atoms with van der Waals surface area (Å²) in [6.45, 7) is 4.08. The third-order valence-corrected chi connectivity index (χ3v) is 4.39. The number of carbonyl (C=O) groups is 2. The normalized spacial score (nSPS) is 14.2. The van der Waals surface area contributed by atoms with Gasteiger partial charge >= 0.3 is 6.03 Å². The van der Waals surface area contributed by atoms with Gasteiger partial charge in [-0.25, -0.2) is 4.79 Å². The van der Waals surface area contributed by atoms with E-state index in [1.807, 2.05) is 24.3 Å². The second-order valence-corrected chi connectivity index (χ2v) is 5.99. The van der Waals surface area contributed by atoms with Gasteiger partial charge in [0.05, 0.1) is 6.26 Å². The number of furan rings is 1. The molecule has 2 aromatic rings. The second-order valence-electron chi connectivity index (χ2n) is 5.99. The molecule has 2 heterocycles. The Morgan fingerprint density at radius 2 is 1.81 bits per heavy atom. The summed E-state index contributed by atoms with van der Waals surface area (Å²) in [6, 6.07) is 10.9. The van der Waals surface area contributed by atoms with Crippen molar-refractivity contribution in [1.29, 1.82) is 0 Å². The molecule has 1 aliphatic rings. The first kappa shape index (κ1) is 17.8. The number of rotatable bonds is 5. The summed E-state index contributed by atoms with van der Waals surface area (Å²) in [7, 11) is 0. The predicted molar refractivity (Wildman–Crippen MR) is 96.0 cm³/mol. The van der Waals surface area contributed by atoms with Gasteiger partial charge in [0, 0.05) is 26.2 Å². The fourth-order valence-corrected chi connectivity index (χ4v) is 2.89. The molecule has 0 unspecified atom stereocenters. The minimum atomic E-state index is -0.191. The van der Waals surface area contributed by atoms with Crippen LogP contribution in [0.5, 0.6) is 5.75 Å². The van der Waals surface area contributed by atoms with Crippen LogP contribution in [-0.4, -0.2) is 54.6 Å². The van der Waals surface area contributed by atoms with Crippen LogP contribution in [0.25, 0.3) is 0 Å². The number of carbonyl (C=O) groups excluding carboxylic acids is 2. The van der Waals surface area contributed by atoms with E-state index in [1.165, 1.54) is 6.26 Å². The molecule has 0 spiro atoms. The average Bonchev–Trinajstić information content (AvgIpc) is 3.22. The summed E-state index contributed by atoms with van der Waals surface area (Å²) in [4.78, 5) is 27.9. The molecule has 1 aromatic carbocycles. The molecule has 0 bridgehead atoms.